The highest BCUT2D eigenvalue weighted by Crippen LogP contribution is 2.40. The summed E-state index contributed by atoms with van der Waals surface area (Å²) in [4.78, 5) is 36.6. The summed E-state index contributed by atoms with van der Waals surface area (Å²) in [5, 5.41) is 12.0. The van der Waals surface area contributed by atoms with E-state index in [1.807, 2.05) is 20.8 Å². The Morgan fingerprint density at radius 3 is 2.13 bits per heavy atom. The summed E-state index contributed by atoms with van der Waals surface area (Å²) in [7, 11) is 0. The lowest BCUT2D eigenvalue weighted by Crippen LogP contribution is -2.47. The molecule has 7 nitrogen and oxygen atoms in total. The molecule has 4 aliphatic rings. The van der Waals surface area contributed by atoms with Gasteiger partial charge in [0.05, 0.1) is 6.04 Å². The van der Waals surface area contributed by atoms with Gasteiger partial charge in [-0.3, -0.25) is 14.5 Å². The number of aliphatic carboxylic acids is 1. The van der Waals surface area contributed by atoms with Crippen LogP contribution in [0.25, 0.3) is 0 Å². The van der Waals surface area contributed by atoms with Crippen LogP contribution in [-0.4, -0.2) is 57.6 Å². The predicted octanol–water partition coefficient (Wildman–Crippen LogP) is 4.14. The molecule has 31 heavy (non-hydrogen) atoms. The van der Waals surface area contributed by atoms with E-state index in [4.69, 9.17) is 9.84 Å². The van der Waals surface area contributed by atoms with Gasteiger partial charge in [0, 0.05) is 12.1 Å². The summed E-state index contributed by atoms with van der Waals surface area (Å²) < 4.78 is 5.49. The Balaban J connectivity index is 0.000000194. The molecule has 6 atom stereocenters. The third-order valence-electron chi connectivity index (χ3n) is 7.32. The van der Waals surface area contributed by atoms with E-state index >= 15 is 0 Å². The van der Waals surface area contributed by atoms with Crippen molar-refractivity contribution in [2.75, 3.05) is 0 Å². The number of carbonyl (C=O) groups excluding carboxylic acids is 2. The molecule has 2 saturated heterocycles. The third-order valence-corrected chi connectivity index (χ3v) is 7.32. The molecule has 0 bridgehead atoms. The lowest BCUT2D eigenvalue weighted by atomic mass is 9.84. The Hall–Kier alpha value is -1.63. The van der Waals surface area contributed by atoms with Crippen LogP contribution in [0.15, 0.2) is 0 Å². The van der Waals surface area contributed by atoms with Gasteiger partial charge in [-0.2, -0.15) is 0 Å². The fourth-order valence-corrected chi connectivity index (χ4v) is 5.91. The number of carboxylic acid groups (broad SMARTS) is 1. The van der Waals surface area contributed by atoms with Crippen molar-refractivity contribution in [3.05, 3.63) is 0 Å². The van der Waals surface area contributed by atoms with Crippen molar-refractivity contribution in [2.45, 2.75) is 122 Å². The van der Waals surface area contributed by atoms with Gasteiger partial charge in [-0.1, -0.05) is 25.7 Å². The van der Waals surface area contributed by atoms with Gasteiger partial charge in [0.25, 0.3) is 0 Å². The molecule has 4 fully saturated rings. The molecule has 0 aromatic carbocycles. The number of ether oxygens (including phenoxy) is 1. The minimum absolute atomic E-state index is 0.0836. The van der Waals surface area contributed by atoms with E-state index in [2.05, 4.69) is 5.32 Å². The molecule has 2 aliphatic carbocycles. The molecule has 176 valence electrons. The molecule has 2 aliphatic heterocycles. The van der Waals surface area contributed by atoms with Crippen molar-refractivity contribution in [3.8, 4) is 0 Å². The van der Waals surface area contributed by atoms with Gasteiger partial charge in [-0.25, -0.2) is 4.79 Å². The van der Waals surface area contributed by atoms with E-state index in [0.717, 1.165) is 32.1 Å². The second-order valence-electron chi connectivity index (χ2n) is 10.8. The number of carboxylic acids is 1. The van der Waals surface area contributed by atoms with Crippen LogP contribution in [0, 0.1) is 11.8 Å². The maximum Gasteiger partial charge on any atom is 0.411 e. The van der Waals surface area contributed by atoms with E-state index in [0.29, 0.717) is 17.9 Å². The fourth-order valence-electron chi connectivity index (χ4n) is 5.91. The topological polar surface area (TPSA) is 95.9 Å². The molecule has 0 aromatic rings. The first-order valence-corrected chi connectivity index (χ1v) is 12.1. The van der Waals surface area contributed by atoms with Crippen molar-refractivity contribution in [1.29, 1.82) is 0 Å². The third kappa shape index (κ3) is 5.99. The lowest BCUT2D eigenvalue weighted by molar-refractivity contribution is -0.139. The highest BCUT2D eigenvalue weighted by atomic mass is 16.6. The van der Waals surface area contributed by atoms with Gasteiger partial charge in [-0.05, 0) is 78.1 Å². The number of amides is 1. The highest BCUT2D eigenvalue weighted by Gasteiger charge is 2.47. The summed E-state index contributed by atoms with van der Waals surface area (Å²) in [5.74, 6) is 0.527. The van der Waals surface area contributed by atoms with E-state index in [-0.39, 0.29) is 30.0 Å². The van der Waals surface area contributed by atoms with Crippen molar-refractivity contribution in [3.63, 3.8) is 0 Å². The normalized spacial score (nSPS) is 34.8. The minimum Gasteiger partial charge on any atom is -0.480 e. The van der Waals surface area contributed by atoms with Crippen molar-refractivity contribution in [1.82, 2.24) is 10.2 Å². The Kier molecular flexibility index (Phi) is 7.66. The molecule has 2 heterocycles. The van der Waals surface area contributed by atoms with E-state index in [1.165, 1.54) is 32.1 Å². The molecule has 4 rings (SSSR count). The fraction of sp³-hybridized carbons (Fsp3) is 0.875. The lowest BCUT2D eigenvalue weighted by Gasteiger charge is -2.34. The average molecular weight is 437 g/mol. The van der Waals surface area contributed by atoms with Crippen LogP contribution in [0.1, 0.15) is 91.9 Å². The van der Waals surface area contributed by atoms with Gasteiger partial charge < -0.3 is 15.2 Å². The molecular weight excluding hydrogens is 396 g/mol. The number of fused-ring (bicyclic) bond motifs is 2. The number of likely N-dealkylation sites (tertiary alicyclic amines) is 1. The van der Waals surface area contributed by atoms with E-state index in [1.54, 1.807) is 11.8 Å². The first kappa shape index (κ1) is 24.0. The molecule has 1 amide bonds. The molecule has 0 aromatic heterocycles. The SMILES string of the molecule is CC(=O)[C@@H]1C[C@@H]2CCCC[C@@H]2N1C(=O)OC(C)(C)C.O=C(O)[C@@H]1C[C@@H]2CCCC[C@@H]2N1. The zero-order chi connectivity index (χ0) is 22.8. The molecule has 0 radical (unpaired) electrons. The first-order chi connectivity index (χ1) is 14.6. The molecular formula is C24H40N2O5. The van der Waals surface area contributed by atoms with E-state index in [9.17, 15) is 14.4 Å². The number of nitrogens with zero attached hydrogens (tertiary/aromatic N) is 1. The van der Waals surface area contributed by atoms with Gasteiger partial charge in [0.15, 0.2) is 5.78 Å². The zero-order valence-corrected chi connectivity index (χ0v) is 19.6. The predicted molar refractivity (Wildman–Crippen MR) is 118 cm³/mol. The highest BCUT2D eigenvalue weighted by molar-refractivity contribution is 5.86. The number of hydrogen-bond acceptors (Lipinski definition) is 5. The summed E-state index contributed by atoms with van der Waals surface area (Å²) in [6.45, 7) is 7.17. The standard InChI is InChI=1S/C15H25NO3.C9H15NO2/c1-10(17)13-9-11-7-5-6-8-12(11)16(13)14(18)19-15(2,3)4;11-9(12)8-5-6-3-1-2-4-7(6)10-8/h11-13H,5-9H2,1-4H3;6-8,10H,1-5H2,(H,11,12)/t11-,12-,13-;6-,7-,8-/m00/s1. The molecule has 2 N–H and O–H groups in total. The number of rotatable bonds is 2. The Bertz CT molecular complexity index is 659. The largest absolute Gasteiger partial charge is 0.480 e. The number of hydrogen-bond donors (Lipinski definition) is 2. The molecule has 0 unspecified atom stereocenters. The van der Waals surface area contributed by atoms with Gasteiger partial charge >= 0.3 is 12.1 Å². The van der Waals surface area contributed by atoms with Crippen LogP contribution in [-0.2, 0) is 14.3 Å². The van der Waals surface area contributed by atoms with Crippen molar-refractivity contribution < 1.29 is 24.2 Å². The Morgan fingerprint density at radius 1 is 0.935 bits per heavy atom. The van der Waals surface area contributed by atoms with Crippen molar-refractivity contribution in [2.24, 2.45) is 11.8 Å². The summed E-state index contributed by atoms with van der Waals surface area (Å²) >= 11 is 0. The Morgan fingerprint density at radius 2 is 1.55 bits per heavy atom. The maximum atomic E-state index is 12.4. The van der Waals surface area contributed by atoms with Crippen LogP contribution >= 0.6 is 0 Å². The quantitative estimate of drug-likeness (QED) is 0.676. The zero-order valence-electron chi connectivity index (χ0n) is 19.6. The average Bonchev–Trinajstić information content (AvgIpc) is 3.29. The number of nitrogens with one attached hydrogen (secondary N) is 1. The summed E-state index contributed by atoms with van der Waals surface area (Å²) in [5.41, 5.74) is -0.509. The molecule has 2 saturated carbocycles. The van der Waals surface area contributed by atoms with Crippen LogP contribution < -0.4 is 5.32 Å². The van der Waals surface area contributed by atoms with Gasteiger partial charge in [0.2, 0.25) is 0 Å². The minimum atomic E-state index is -0.676. The van der Waals surface area contributed by atoms with Crippen LogP contribution in [0.2, 0.25) is 0 Å². The first-order valence-electron chi connectivity index (χ1n) is 12.1. The second-order valence-corrected chi connectivity index (χ2v) is 10.8. The van der Waals surface area contributed by atoms with Gasteiger partial charge in [-0.15, -0.1) is 0 Å². The summed E-state index contributed by atoms with van der Waals surface area (Å²) in [6, 6.07) is 0.165. The number of ketones is 1. The van der Waals surface area contributed by atoms with Crippen LogP contribution in [0.5, 0.6) is 0 Å². The van der Waals surface area contributed by atoms with Gasteiger partial charge in [0.1, 0.15) is 11.6 Å². The maximum absolute atomic E-state index is 12.4. The second kappa shape index (κ2) is 9.88. The Labute approximate surface area is 186 Å². The monoisotopic (exact) mass is 436 g/mol. The van der Waals surface area contributed by atoms with Crippen molar-refractivity contribution >= 4 is 17.8 Å². The molecule has 0 spiro atoms. The summed E-state index contributed by atoms with van der Waals surface area (Å²) in [6.07, 6.45) is 10.8. The van der Waals surface area contributed by atoms with E-state index < -0.39 is 11.6 Å². The number of carbonyl (C=O) groups is 3. The smallest absolute Gasteiger partial charge is 0.411 e. The van der Waals surface area contributed by atoms with Crippen LogP contribution in [0.3, 0.4) is 0 Å². The number of Topliss-reactive ketones (excluding diaryl/α,β-unsaturated/α-hetero) is 1. The van der Waals surface area contributed by atoms with Crippen LogP contribution in [0.4, 0.5) is 4.79 Å². The molecule has 7 heteroatoms.